The van der Waals surface area contributed by atoms with Gasteiger partial charge in [0.1, 0.15) is 10.7 Å². The van der Waals surface area contributed by atoms with Gasteiger partial charge in [0.25, 0.3) is 0 Å². The summed E-state index contributed by atoms with van der Waals surface area (Å²) in [5.74, 6) is 0.645. The van der Waals surface area contributed by atoms with Gasteiger partial charge in [-0.3, -0.25) is 5.10 Å². The standard InChI is InChI=1S/C13H9BrN6S/c1-7-5-10(16-15-7)11-17-18-13-20(11)19-12(21-13)8-3-2-4-9(14)6-8/h2-6H,1H3,(H,15,16). The van der Waals surface area contributed by atoms with Crippen LogP contribution in [0, 0.1) is 6.92 Å². The molecule has 0 atom stereocenters. The number of benzene rings is 1. The Kier molecular flexibility index (Phi) is 2.86. The van der Waals surface area contributed by atoms with Crippen molar-refractivity contribution in [2.75, 3.05) is 0 Å². The van der Waals surface area contributed by atoms with Crippen molar-refractivity contribution in [1.29, 1.82) is 0 Å². The van der Waals surface area contributed by atoms with E-state index in [4.69, 9.17) is 0 Å². The first-order valence-electron chi connectivity index (χ1n) is 6.21. The van der Waals surface area contributed by atoms with Crippen LogP contribution in [-0.2, 0) is 0 Å². The maximum Gasteiger partial charge on any atom is 0.235 e. The van der Waals surface area contributed by atoms with Crippen molar-refractivity contribution in [1.82, 2.24) is 30.0 Å². The largest absolute Gasteiger partial charge is 0.282 e. The molecule has 3 heterocycles. The van der Waals surface area contributed by atoms with E-state index < -0.39 is 0 Å². The first-order chi connectivity index (χ1) is 10.2. The average molecular weight is 361 g/mol. The highest BCUT2D eigenvalue weighted by Crippen LogP contribution is 2.29. The van der Waals surface area contributed by atoms with Gasteiger partial charge in [0.2, 0.25) is 10.8 Å². The Labute approximate surface area is 132 Å². The lowest BCUT2D eigenvalue weighted by atomic mass is 10.2. The number of halogens is 1. The molecule has 3 aromatic heterocycles. The van der Waals surface area contributed by atoms with Crippen LogP contribution in [0.2, 0.25) is 0 Å². The van der Waals surface area contributed by atoms with E-state index in [0.717, 1.165) is 31.4 Å². The summed E-state index contributed by atoms with van der Waals surface area (Å²) < 4.78 is 2.75. The molecule has 0 spiro atoms. The summed E-state index contributed by atoms with van der Waals surface area (Å²) in [7, 11) is 0. The molecule has 0 radical (unpaired) electrons. The maximum absolute atomic E-state index is 4.61. The van der Waals surface area contributed by atoms with Crippen LogP contribution in [0.1, 0.15) is 5.69 Å². The molecule has 0 amide bonds. The highest BCUT2D eigenvalue weighted by Gasteiger charge is 2.16. The van der Waals surface area contributed by atoms with Crippen molar-refractivity contribution in [2.24, 2.45) is 0 Å². The lowest BCUT2D eigenvalue weighted by Crippen LogP contribution is -1.91. The first-order valence-corrected chi connectivity index (χ1v) is 7.82. The molecule has 0 aliphatic carbocycles. The van der Waals surface area contributed by atoms with E-state index in [1.165, 1.54) is 11.3 Å². The number of hydrogen-bond donors (Lipinski definition) is 1. The fourth-order valence-corrected chi connectivity index (χ4v) is 3.28. The van der Waals surface area contributed by atoms with E-state index in [2.05, 4.69) is 41.4 Å². The van der Waals surface area contributed by atoms with E-state index >= 15 is 0 Å². The molecule has 0 saturated carbocycles. The maximum atomic E-state index is 4.61. The van der Waals surface area contributed by atoms with Crippen LogP contribution in [0.5, 0.6) is 0 Å². The highest BCUT2D eigenvalue weighted by molar-refractivity contribution is 9.10. The molecule has 0 fully saturated rings. The third kappa shape index (κ3) is 2.16. The van der Waals surface area contributed by atoms with E-state index in [-0.39, 0.29) is 0 Å². The summed E-state index contributed by atoms with van der Waals surface area (Å²) in [6.45, 7) is 1.95. The molecule has 4 rings (SSSR count). The summed E-state index contributed by atoms with van der Waals surface area (Å²) in [5, 5.41) is 21.0. The molecule has 8 heteroatoms. The number of nitrogens with zero attached hydrogens (tertiary/aromatic N) is 5. The second-order valence-corrected chi connectivity index (χ2v) is 6.44. The second kappa shape index (κ2) is 4.74. The lowest BCUT2D eigenvalue weighted by molar-refractivity contribution is 0.952. The molecule has 0 aliphatic heterocycles. The number of hydrogen-bond acceptors (Lipinski definition) is 5. The van der Waals surface area contributed by atoms with E-state index in [9.17, 15) is 0 Å². The van der Waals surface area contributed by atoms with Crippen molar-refractivity contribution < 1.29 is 0 Å². The second-order valence-electron chi connectivity index (χ2n) is 4.57. The monoisotopic (exact) mass is 360 g/mol. The molecular weight excluding hydrogens is 352 g/mol. The number of aryl methyl sites for hydroxylation is 1. The highest BCUT2D eigenvalue weighted by atomic mass is 79.9. The van der Waals surface area contributed by atoms with Crippen LogP contribution in [-0.4, -0.2) is 30.0 Å². The average Bonchev–Trinajstić information content (AvgIpc) is 3.13. The zero-order valence-electron chi connectivity index (χ0n) is 10.9. The minimum atomic E-state index is 0.645. The van der Waals surface area contributed by atoms with Gasteiger partial charge in [-0.15, -0.1) is 10.2 Å². The van der Waals surface area contributed by atoms with Gasteiger partial charge in [0.05, 0.1) is 0 Å². The number of nitrogens with one attached hydrogen (secondary N) is 1. The van der Waals surface area contributed by atoms with Gasteiger partial charge in [-0.05, 0) is 25.1 Å². The number of fused-ring (bicyclic) bond motifs is 1. The number of H-pyrrole nitrogens is 1. The predicted octanol–water partition coefficient (Wildman–Crippen LogP) is 3.31. The van der Waals surface area contributed by atoms with Crippen molar-refractivity contribution >= 4 is 32.2 Å². The van der Waals surface area contributed by atoms with Crippen LogP contribution < -0.4 is 0 Å². The van der Waals surface area contributed by atoms with Gasteiger partial charge in [0.15, 0.2) is 0 Å². The molecule has 1 N–H and O–H groups in total. The Morgan fingerprint density at radius 1 is 1.24 bits per heavy atom. The Morgan fingerprint density at radius 3 is 2.90 bits per heavy atom. The molecule has 21 heavy (non-hydrogen) atoms. The summed E-state index contributed by atoms with van der Waals surface area (Å²) >= 11 is 4.98. The van der Waals surface area contributed by atoms with Crippen molar-refractivity contribution in [3.8, 4) is 22.1 Å². The first kappa shape index (κ1) is 12.7. The molecule has 0 aliphatic rings. The van der Waals surface area contributed by atoms with Gasteiger partial charge in [-0.1, -0.05) is 39.4 Å². The zero-order valence-corrected chi connectivity index (χ0v) is 13.3. The third-order valence-corrected chi connectivity index (χ3v) is 4.44. The van der Waals surface area contributed by atoms with Crippen LogP contribution in [0.15, 0.2) is 34.8 Å². The molecule has 4 aromatic rings. The van der Waals surface area contributed by atoms with Crippen LogP contribution in [0.4, 0.5) is 0 Å². The Morgan fingerprint density at radius 2 is 2.14 bits per heavy atom. The molecular formula is C13H9BrN6S. The van der Waals surface area contributed by atoms with Crippen LogP contribution in [0.3, 0.4) is 0 Å². The number of aromatic nitrogens is 6. The summed E-state index contributed by atoms with van der Waals surface area (Å²) in [6, 6.07) is 9.95. The Balaban J connectivity index is 1.86. The Bertz CT molecular complexity index is 937. The normalized spacial score (nSPS) is 11.3. The quantitative estimate of drug-likeness (QED) is 0.595. The molecule has 104 valence electrons. The van der Waals surface area contributed by atoms with E-state index in [0.29, 0.717) is 5.82 Å². The number of rotatable bonds is 2. The minimum Gasteiger partial charge on any atom is -0.282 e. The van der Waals surface area contributed by atoms with Gasteiger partial charge in [-0.25, -0.2) is 0 Å². The van der Waals surface area contributed by atoms with Crippen molar-refractivity contribution in [3.63, 3.8) is 0 Å². The molecule has 6 nitrogen and oxygen atoms in total. The summed E-state index contributed by atoms with van der Waals surface area (Å²) in [4.78, 5) is 0.751. The van der Waals surface area contributed by atoms with E-state index in [1.54, 1.807) is 4.52 Å². The fourth-order valence-electron chi connectivity index (χ4n) is 2.05. The topological polar surface area (TPSA) is 71.8 Å². The summed E-state index contributed by atoms with van der Waals surface area (Å²) in [6.07, 6.45) is 0. The van der Waals surface area contributed by atoms with E-state index in [1.807, 2.05) is 37.3 Å². The SMILES string of the molecule is Cc1cc(-c2nnc3sc(-c4cccc(Br)c4)nn23)n[nH]1. The van der Waals surface area contributed by atoms with Crippen molar-refractivity contribution in [3.05, 3.63) is 40.5 Å². The smallest absolute Gasteiger partial charge is 0.235 e. The molecule has 0 unspecified atom stereocenters. The fraction of sp³-hybridized carbons (Fsp3) is 0.0769. The summed E-state index contributed by atoms with van der Waals surface area (Å²) in [5.41, 5.74) is 2.76. The van der Waals surface area contributed by atoms with Gasteiger partial charge < -0.3 is 0 Å². The van der Waals surface area contributed by atoms with Crippen LogP contribution in [0.25, 0.3) is 27.1 Å². The molecule has 0 bridgehead atoms. The lowest BCUT2D eigenvalue weighted by Gasteiger charge is -1.95. The third-order valence-electron chi connectivity index (χ3n) is 3.00. The predicted molar refractivity (Wildman–Crippen MR) is 84.1 cm³/mol. The van der Waals surface area contributed by atoms with Crippen LogP contribution >= 0.6 is 27.3 Å². The molecule has 0 saturated heterocycles. The minimum absolute atomic E-state index is 0.645. The Hall–Kier alpha value is -2.06. The van der Waals surface area contributed by atoms with Crippen molar-refractivity contribution in [2.45, 2.75) is 6.92 Å². The van der Waals surface area contributed by atoms with Gasteiger partial charge >= 0.3 is 0 Å². The van der Waals surface area contributed by atoms with Gasteiger partial charge in [0, 0.05) is 15.7 Å². The number of aromatic amines is 1. The zero-order chi connectivity index (χ0) is 14.4. The molecule has 1 aromatic carbocycles. The van der Waals surface area contributed by atoms with Gasteiger partial charge in [-0.2, -0.15) is 14.7 Å².